The molecule has 0 aliphatic heterocycles. The number of halogens is 1. The number of rotatable bonds is 5. The molecule has 0 fully saturated rings. The quantitative estimate of drug-likeness (QED) is 0.556. The van der Waals surface area contributed by atoms with Crippen LogP contribution in [-0.4, -0.2) is 16.3 Å². The zero-order chi connectivity index (χ0) is 18.7. The third-order valence-corrected chi connectivity index (χ3v) is 4.18. The van der Waals surface area contributed by atoms with Crippen LogP contribution in [0.15, 0.2) is 60.8 Å². The highest BCUT2D eigenvalue weighted by molar-refractivity contribution is 6.46. The monoisotopic (exact) mass is 350 g/mol. The number of aromatic nitrogens is 1. The molecule has 0 saturated carbocycles. The summed E-state index contributed by atoms with van der Waals surface area (Å²) in [4.78, 5) is 25.0. The molecule has 0 unspecified atom stereocenters. The third-order valence-electron chi connectivity index (χ3n) is 4.18. The van der Waals surface area contributed by atoms with E-state index in [9.17, 15) is 14.0 Å². The lowest BCUT2D eigenvalue weighted by Gasteiger charge is -2.11. The fraction of sp³-hybridized carbons (Fsp3) is 0.143. The van der Waals surface area contributed by atoms with Gasteiger partial charge in [-0.2, -0.15) is 0 Å². The van der Waals surface area contributed by atoms with E-state index < -0.39 is 11.7 Å². The first-order chi connectivity index (χ1) is 12.4. The van der Waals surface area contributed by atoms with Gasteiger partial charge in [-0.3, -0.25) is 9.59 Å². The lowest BCUT2D eigenvalue weighted by atomic mass is 10.1. The van der Waals surface area contributed by atoms with Crippen LogP contribution in [0, 0.1) is 19.7 Å². The molecular weight excluding hydrogens is 331 g/mol. The van der Waals surface area contributed by atoms with Gasteiger partial charge >= 0.3 is 0 Å². The van der Waals surface area contributed by atoms with Crippen LogP contribution in [-0.2, 0) is 11.3 Å². The number of carbonyl (C=O) groups excluding carboxylic acids is 2. The maximum Gasteiger partial charge on any atom is 0.298 e. The van der Waals surface area contributed by atoms with Crippen LogP contribution in [0.4, 0.5) is 10.1 Å². The highest BCUT2D eigenvalue weighted by Gasteiger charge is 2.20. The van der Waals surface area contributed by atoms with E-state index in [4.69, 9.17) is 0 Å². The molecule has 0 aliphatic carbocycles. The summed E-state index contributed by atoms with van der Waals surface area (Å²) in [5.41, 5.74) is 3.64. The first-order valence-corrected chi connectivity index (χ1v) is 8.26. The van der Waals surface area contributed by atoms with Crippen LogP contribution in [0.3, 0.4) is 0 Å². The van der Waals surface area contributed by atoms with Gasteiger partial charge in [-0.1, -0.05) is 24.3 Å². The zero-order valence-electron chi connectivity index (χ0n) is 14.6. The van der Waals surface area contributed by atoms with Crippen molar-refractivity contribution in [2.45, 2.75) is 20.4 Å². The minimum atomic E-state index is -0.683. The number of ketones is 1. The molecule has 3 rings (SSSR count). The van der Waals surface area contributed by atoms with Crippen molar-refractivity contribution in [1.82, 2.24) is 4.57 Å². The lowest BCUT2D eigenvalue weighted by Crippen LogP contribution is -2.25. The number of amides is 1. The SMILES string of the molecule is Cc1ccc(C)c(NC(=O)C(=O)c2cccn2Cc2ccc(F)cc2)c1. The van der Waals surface area contributed by atoms with Crippen molar-refractivity contribution in [3.8, 4) is 0 Å². The van der Waals surface area contributed by atoms with E-state index in [0.717, 1.165) is 16.7 Å². The topological polar surface area (TPSA) is 51.1 Å². The summed E-state index contributed by atoms with van der Waals surface area (Å²) in [6.45, 7) is 4.17. The molecule has 0 saturated heterocycles. The highest BCUT2D eigenvalue weighted by atomic mass is 19.1. The Balaban J connectivity index is 1.77. The molecule has 0 atom stereocenters. The Hall–Kier alpha value is -3.21. The molecule has 1 amide bonds. The van der Waals surface area contributed by atoms with Crippen molar-refractivity contribution < 1.29 is 14.0 Å². The number of nitrogens with zero attached hydrogens (tertiary/aromatic N) is 1. The molecule has 5 heteroatoms. The van der Waals surface area contributed by atoms with E-state index in [1.165, 1.54) is 12.1 Å². The predicted molar refractivity (Wildman–Crippen MR) is 98.8 cm³/mol. The van der Waals surface area contributed by atoms with E-state index in [0.29, 0.717) is 12.2 Å². The highest BCUT2D eigenvalue weighted by Crippen LogP contribution is 2.17. The predicted octanol–water partition coefficient (Wildman–Crippen LogP) is 4.11. The average Bonchev–Trinajstić information content (AvgIpc) is 3.07. The average molecular weight is 350 g/mol. The summed E-state index contributed by atoms with van der Waals surface area (Å²) >= 11 is 0. The first kappa shape index (κ1) is 17.6. The number of nitrogens with one attached hydrogen (secondary N) is 1. The van der Waals surface area contributed by atoms with Crippen LogP contribution in [0.1, 0.15) is 27.2 Å². The third kappa shape index (κ3) is 3.88. The van der Waals surface area contributed by atoms with Crippen molar-refractivity contribution >= 4 is 17.4 Å². The summed E-state index contributed by atoms with van der Waals surface area (Å²) in [7, 11) is 0. The van der Waals surface area contributed by atoms with Gasteiger partial charge in [0, 0.05) is 18.4 Å². The van der Waals surface area contributed by atoms with E-state index in [2.05, 4.69) is 5.32 Å². The van der Waals surface area contributed by atoms with Crippen molar-refractivity contribution in [2.24, 2.45) is 0 Å². The molecule has 4 nitrogen and oxygen atoms in total. The standard InChI is InChI=1S/C21H19FN2O2/c1-14-5-6-15(2)18(12-14)23-21(26)20(25)19-4-3-11-24(19)13-16-7-9-17(22)10-8-16/h3-12H,13H2,1-2H3,(H,23,26). The molecule has 0 spiro atoms. The Morgan fingerprint density at radius 3 is 2.50 bits per heavy atom. The number of anilines is 1. The number of hydrogen-bond donors (Lipinski definition) is 1. The number of Topliss-reactive ketones (excluding diaryl/α,β-unsaturated/α-hetero) is 1. The van der Waals surface area contributed by atoms with Crippen LogP contribution >= 0.6 is 0 Å². The van der Waals surface area contributed by atoms with Gasteiger partial charge in [0.25, 0.3) is 11.7 Å². The van der Waals surface area contributed by atoms with Gasteiger partial charge in [-0.25, -0.2) is 4.39 Å². The smallest absolute Gasteiger partial charge is 0.298 e. The minimum absolute atomic E-state index is 0.289. The molecule has 1 N–H and O–H groups in total. The summed E-state index contributed by atoms with van der Waals surface area (Å²) < 4.78 is 14.7. The van der Waals surface area contributed by atoms with Crippen LogP contribution in [0.2, 0.25) is 0 Å². The summed E-state index contributed by atoms with van der Waals surface area (Å²) in [5.74, 6) is -1.61. The molecule has 1 aromatic heterocycles. The largest absolute Gasteiger partial charge is 0.340 e. The lowest BCUT2D eigenvalue weighted by molar-refractivity contribution is -0.112. The molecule has 1 heterocycles. The van der Waals surface area contributed by atoms with Gasteiger partial charge in [0.05, 0.1) is 5.69 Å². The van der Waals surface area contributed by atoms with Crippen molar-refractivity contribution in [3.05, 3.63) is 89.0 Å². The molecule has 132 valence electrons. The van der Waals surface area contributed by atoms with E-state index in [-0.39, 0.29) is 11.5 Å². The second-order valence-corrected chi connectivity index (χ2v) is 6.25. The molecular formula is C21H19FN2O2. The molecule has 2 aromatic carbocycles. The van der Waals surface area contributed by atoms with Gasteiger partial charge < -0.3 is 9.88 Å². The van der Waals surface area contributed by atoms with Crippen LogP contribution < -0.4 is 5.32 Å². The Morgan fingerprint density at radius 1 is 1.04 bits per heavy atom. The molecule has 0 aliphatic rings. The van der Waals surface area contributed by atoms with E-state index in [1.54, 1.807) is 35.0 Å². The fourth-order valence-electron chi connectivity index (χ4n) is 2.71. The van der Waals surface area contributed by atoms with Gasteiger partial charge in [-0.05, 0) is 60.9 Å². The molecule has 3 aromatic rings. The van der Waals surface area contributed by atoms with E-state index >= 15 is 0 Å². The Bertz CT molecular complexity index is 958. The summed E-state index contributed by atoms with van der Waals surface area (Å²) in [5, 5.41) is 2.69. The van der Waals surface area contributed by atoms with Crippen molar-refractivity contribution in [2.75, 3.05) is 5.32 Å². The van der Waals surface area contributed by atoms with Crippen LogP contribution in [0.5, 0.6) is 0 Å². The van der Waals surface area contributed by atoms with Gasteiger partial charge in [0.15, 0.2) is 0 Å². The zero-order valence-corrected chi connectivity index (χ0v) is 14.6. The molecule has 26 heavy (non-hydrogen) atoms. The van der Waals surface area contributed by atoms with Gasteiger partial charge in [0.1, 0.15) is 5.82 Å². The van der Waals surface area contributed by atoms with E-state index in [1.807, 2.05) is 32.0 Å². The molecule has 0 bridgehead atoms. The van der Waals surface area contributed by atoms with Gasteiger partial charge in [-0.15, -0.1) is 0 Å². The Morgan fingerprint density at radius 2 is 1.77 bits per heavy atom. The number of hydrogen-bond acceptors (Lipinski definition) is 2. The Labute approximate surface area is 151 Å². The second-order valence-electron chi connectivity index (χ2n) is 6.25. The van der Waals surface area contributed by atoms with Gasteiger partial charge in [0.2, 0.25) is 0 Å². The summed E-state index contributed by atoms with van der Waals surface area (Å²) in [6.07, 6.45) is 1.72. The number of carbonyl (C=O) groups is 2. The Kier molecular flexibility index (Phi) is 4.98. The fourth-order valence-corrected chi connectivity index (χ4v) is 2.71. The first-order valence-electron chi connectivity index (χ1n) is 8.26. The molecule has 0 radical (unpaired) electrons. The number of benzene rings is 2. The van der Waals surface area contributed by atoms with Crippen LogP contribution in [0.25, 0.3) is 0 Å². The second kappa shape index (κ2) is 7.35. The number of aryl methyl sites for hydroxylation is 2. The minimum Gasteiger partial charge on any atom is -0.340 e. The maximum absolute atomic E-state index is 13.0. The maximum atomic E-state index is 13.0. The van der Waals surface area contributed by atoms with Crippen molar-refractivity contribution in [1.29, 1.82) is 0 Å². The normalized spacial score (nSPS) is 10.6. The van der Waals surface area contributed by atoms with Crippen molar-refractivity contribution in [3.63, 3.8) is 0 Å². The summed E-state index contributed by atoms with van der Waals surface area (Å²) in [6, 6.07) is 15.0.